The third-order valence-electron chi connectivity index (χ3n) is 7.98. The third kappa shape index (κ3) is 4.26. The van der Waals surface area contributed by atoms with Crippen LogP contribution in [0.1, 0.15) is 24.5 Å². The van der Waals surface area contributed by atoms with E-state index >= 15 is 4.11 Å². The second-order valence-electron chi connectivity index (χ2n) is 10.7. The van der Waals surface area contributed by atoms with Crippen molar-refractivity contribution in [3.05, 3.63) is 90.0 Å². The van der Waals surface area contributed by atoms with Gasteiger partial charge in [-0.25, -0.2) is 0 Å². The third-order valence-corrected chi connectivity index (χ3v) is 10.4. The summed E-state index contributed by atoms with van der Waals surface area (Å²) in [4.78, 5) is 29.3. The monoisotopic (exact) mass is 532 g/mol. The molecule has 198 valence electrons. The Labute approximate surface area is 223 Å². The van der Waals surface area contributed by atoms with Gasteiger partial charge in [-0.15, -0.1) is 0 Å². The molecule has 2 heterocycles. The number of carbonyl (C=O) groups is 2. The molecule has 1 spiro atoms. The number of hydrogen-bond acceptors (Lipinski definition) is 4. The normalized spacial score (nSPS) is 24.6. The molecule has 0 saturated carbocycles. The molecule has 38 heavy (non-hydrogen) atoms. The fourth-order valence-electron chi connectivity index (χ4n) is 6.36. The molecular weight excluding hydrogens is 499 g/mol. The van der Waals surface area contributed by atoms with E-state index < -0.39 is 25.7 Å². The van der Waals surface area contributed by atoms with E-state index in [-0.39, 0.29) is 18.4 Å². The SMILES string of the molecule is C[C@H]1[C@H]([Si](C)(C)F)[C@@H](CCO)O[C@]12C(=O)N(Cc1ccc(N(C=O)c3ccccc3)cc1)c1ccccc12. The number of amides is 2. The van der Waals surface area contributed by atoms with Gasteiger partial charge in [-0.2, -0.15) is 0 Å². The van der Waals surface area contributed by atoms with Crippen LogP contribution in [0.3, 0.4) is 0 Å². The number of nitrogens with zero attached hydrogens (tertiary/aromatic N) is 2. The van der Waals surface area contributed by atoms with Gasteiger partial charge in [0, 0.05) is 35.0 Å². The first-order valence-corrected chi connectivity index (χ1v) is 16.0. The zero-order chi connectivity index (χ0) is 27.1. The van der Waals surface area contributed by atoms with Gasteiger partial charge < -0.3 is 18.9 Å². The lowest BCUT2D eigenvalue weighted by Crippen LogP contribution is -2.45. The number of aliphatic hydroxyl groups excluding tert-OH is 1. The van der Waals surface area contributed by atoms with E-state index in [9.17, 15) is 14.7 Å². The maximum absolute atomic E-state index is 15.6. The number of benzene rings is 3. The molecule has 0 aliphatic carbocycles. The minimum atomic E-state index is -3.22. The van der Waals surface area contributed by atoms with E-state index in [0.29, 0.717) is 13.0 Å². The van der Waals surface area contributed by atoms with E-state index in [0.717, 1.165) is 34.6 Å². The van der Waals surface area contributed by atoms with E-state index in [1.807, 2.05) is 85.8 Å². The first kappa shape index (κ1) is 26.3. The molecule has 2 aliphatic rings. The topological polar surface area (TPSA) is 70.1 Å². The second-order valence-corrected chi connectivity index (χ2v) is 14.5. The number of rotatable bonds is 8. The maximum atomic E-state index is 15.6. The molecule has 2 aliphatic heterocycles. The second kappa shape index (κ2) is 10.1. The number of hydrogen-bond donors (Lipinski definition) is 1. The average Bonchev–Trinajstić information content (AvgIpc) is 3.33. The predicted octanol–water partition coefficient (Wildman–Crippen LogP) is 5.69. The first-order valence-electron chi connectivity index (χ1n) is 13.0. The Hall–Kier alpha value is -3.33. The van der Waals surface area contributed by atoms with Crippen LogP contribution >= 0.6 is 0 Å². The van der Waals surface area contributed by atoms with Crippen LogP contribution in [0.15, 0.2) is 78.9 Å². The smallest absolute Gasteiger partial charge is 0.264 e. The number of ether oxygens (including phenoxy) is 1. The molecule has 4 atom stereocenters. The van der Waals surface area contributed by atoms with E-state index in [1.54, 1.807) is 22.9 Å². The molecule has 3 aromatic rings. The van der Waals surface area contributed by atoms with Crippen LogP contribution in [0.5, 0.6) is 0 Å². The van der Waals surface area contributed by atoms with Crippen LogP contribution in [0.2, 0.25) is 18.6 Å². The summed E-state index contributed by atoms with van der Waals surface area (Å²) in [5, 5.41) is 9.68. The zero-order valence-corrected chi connectivity index (χ0v) is 22.9. The average molecular weight is 533 g/mol. The van der Waals surface area contributed by atoms with Crippen molar-refractivity contribution in [3.8, 4) is 0 Å². The van der Waals surface area contributed by atoms with Crippen molar-refractivity contribution in [2.45, 2.75) is 50.2 Å². The van der Waals surface area contributed by atoms with Crippen LogP contribution in [0.4, 0.5) is 21.2 Å². The first-order chi connectivity index (χ1) is 18.2. The predicted molar refractivity (Wildman–Crippen MR) is 148 cm³/mol. The van der Waals surface area contributed by atoms with Crippen molar-refractivity contribution < 1.29 is 23.5 Å². The van der Waals surface area contributed by atoms with Crippen molar-refractivity contribution in [1.29, 1.82) is 0 Å². The molecule has 1 fully saturated rings. The van der Waals surface area contributed by atoms with Crippen LogP contribution in [0.25, 0.3) is 0 Å². The van der Waals surface area contributed by atoms with Crippen molar-refractivity contribution in [1.82, 2.24) is 0 Å². The Balaban J connectivity index is 1.46. The lowest BCUT2D eigenvalue weighted by Gasteiger charge is -2.31. The summed E-state index contributed by atoms with van der Waals surface area (Å²) in [7, 11) is -3.22. The quantitative estimate of drug-likeness (QED) is 0.230. The zero-order valence-electron chi connectivity index (χ0n) is 21.9. The van der Waals surface area contributed by atoms with Crippen molar-refractivity contribution in [2.24, 2.45) is 5.92 Å². The van der Waals surface area contributed by atoms with Crippen molar-refractivity contribution in [2.75, 3.05) is 16.4 Å². The van der Waals surface area contributed by atoms with Crippen LogP contribution in [0, 0.1) is 5.92 Å². The summed E-state index contributed by atoms with van der Waals surface area (Å²) in [6.07, 6.45) is 0.551. The van der Waals surface area contributed by atoms with Crippen molar-refractivity contribution >= 4 is 37.8 Å². The fourth-order valence-corrected chi connectivity index (χ4v) is 8.90. The highest BCUT2D eigenvalue weighted by Gasteiger charge is 2.66. The Morgan fingerprint density at radius 1 is 1.03 bits per heavy atom. The van der Waals surface area contributed by atoms with Crippen LogP contribution < -0.4 is 9.80 Å². The van der Waals surface area contributed by atoms with Crippen LogP contribution in [-0.4, -0.2) is 38.5 Å². The van der Waals surface area contributed by atoms with Gasteiger partial charge in [0.15, 0.2) is 5.60 Å². The van der Waals surface area contributed by atoms with Gasteiger partial charge in [0.1, 0.15) is 0 Å². The number of halogens is 1. The van der Waals surface area contributed by atoms with Gasteiger partial charge in [-0.3, -0.25) is 14.5 Å². The molecule has 0 aromatic heterocycles. The van der Waals surface area contributed by atoms with Gasteiger partial charge in [0.25, 0.3) is 5.91 Å². The summed E-state index contributed by atoms with van der Waals surface area (Å²) in [6.45, 7) is 5.42. The summed E-state index contributed by atoms with van der Waals surface area (Å²) < 4.78 is 22.1. The fraction of sp³-hybridized carbons (Fsp3) is 0.333. The van der Waals surface area contributed by atoms with Gasteiger partial charge in [0.05, 0.1) is 18.3 Å². The number of carbonyl (C=O) groups excluding carboxylic acids is 2. The Kier molecular flexibility index (Phi) is 6.98. The van der Waals surface area contributed by atoms with E-state index in [4.69, 9.17) is 4.74 Å². The van der Waals surface area contributed by atoms with Gasteiger partial charge >= 0.3 is 0 Å². The van der Waals surface area contributed by atoms with Crippen molar-refractivity contribution in [3.63, 3.8) is 0 Å². The Morgan fingerprint density at radius 2 is 1.66 bits per heavy atom. The molecular formula is C30H33FN2O4Si. The van der Waals surface area contributed by atoms with E-state index in [2.05, 4.69) is 0 Å². The van der Waals surface area contributed by atoms with Gasteiger partial charge in [0.2, 0.25) is 14.8 Å². The molecule has 8 heteroatoms. The molecule has 6 nitrogen and oxygen atoms in total. The lowest BCUT2D eigenvalue weighted by molar-refractivity contribution is -0.146. The highest BCUT2D eigenvalue weighted by Crippen LogP contribution is 2.60. The number of fused-ring (bicyclic) bond motifs is 2. The molecule has 0 unspecified atom stereocenters. The summed E-state index contributed by atoms with van der Waals surface area (Å²) in [5.41, 5.74) is 2.19. The van der Waals surface area contributed by atoms with Gasteiger partial charge in [-0.05, 0) is 55.4 Å². The summed E-state index contributed by atoms with van der Waals surface area (Å²) in [5.74, 6) is -0.573. The molecule has 2 amide bonds. The highest BCUT2D eigenvalue weighted by molar-refractivity contribution is 6.72. The Morgan fingerprint density at radius 3 is 2.29 bits per heavy atom. The molecule has 3 aromatic carbocycles. The van der Waals surface area contributed by atoms with Gasteiger partial charge in [-0.1, -0.05) is 55.5 Å². The molecule has 1 N–H and O–H groups in total. The Bertz CT molecular complexity index is 1310. The molecule has 5 rings (SSSR count). The minimum absolute atomic E-state index is 0.124. The number of anilines is 3. The van der Waals surface area contributed by atoms with E-state index in [1.165, 1.54) is 0 Å². The lowest BCUT2D eigenvalue weighted by atomic mass is 9.82. The molecule has 1 saturated heterocycles. The summed E-state index contributed by atoms with van der Waals surface area (Å²) in [6, 6.07) is 24.5. The number of aliphatic hydroxyl groups is 1. The largest absolute Gasteiger partial charge is 0.396 e. The standard InChI is InChI=1S/C30H33FN2O4Si/c1-21-28(38(2,3)31)27(17-18-34)37-30(21)25-11-7-8-12-26(25)32(29(30)36)19-22-13-15-24(16-14-22)33(20-35)23-9-5-4-6-10-23/h4-16,20-21,27-28,34H,17-19H2,1-3H3/t21-,27+,28-,30+/m0/s1. The minimum Gasteiger partial charge on any atom is -0.396 e. The maximum Gasteiger partial charge on any atom is 0.264 e. The molecule has 0 radical (unpaired) electrons. The highest BCUT2D eigenvalue weighted by atomic mass is 28.4. The molecule has 0 bridgehead atoms. The van der Waals surface area contributed by atoms with Crippen LogP contribution in [-0.2, 0) is 26.5 Å². The number of para-hydroxylation sites is 2. The summed E-state index contributed by atoms with van der Waals surface area (Å²) >= 11 is 0.